The van der Waals surface area contributed by atoms with E-state index in [0.29, 0.717) is 13.1 Å². The van der Waals surface area contributed by atoms with E-state index in [9.17, 15) is 4.79 Å². The van der Waals surface area contributed by atoms with Crippen LogP contribution in [-0.4, -0.2) is 49.3 Å². The number of hydrogen-bond acceptors (Lipinski definition) is 4. The van der Waals surface area contributed by atoms with E-state index in [-0.39, 0.29) is 6.04 Å². The highest BCUT2D eigenvalue weighted by Crippen LogP contribution is 2.06. The average molecular weight is 231 g/mol. The first-order chi connectivity index (χ1) is 7.30. The number of carbonyl (C=O) groups is 1. The summed E-state index contributed by atoms with van der Waals surface area (Å²) in [6.45, 7) is 9.49. The molecule has 0 rings (SSSR count). The van der Waals surface area contributed by atoms with Crippen molar-refractivity contribution in [3.8, 4) is 0 Å². The first-order valence-electron chi connectivity index (χ1n) is 5.67. The Labute approximate surface area is 98.3 Å². The maximum atomic E-state index is 11.4. The Morgan fingerprint density at radius 3 is 2.44 bits per heavy atom. The average Bonchev–Trinajstić information content (AvgIpc) is 2.15. The Morgan fingerprint density at radius 2 is 2.06 bits per heavy atom. The van der Waals surface area contributed by atoms with Crippen molar-refractivity contribution in [3.05, 3.63) is 0 Å². The normalized spacial score (nSPS) is 13.7. The molecule has 0 aliphatic heterocycles. The second-order valence-electron chi connectivity index (χ2n) is 4.85. The number of amides is 1. The number of alkyl carbamates (subject to hydrolysis) is 1. The monoisotopic (exact) mass is 231 g/mol. The predicted molar refractivity (Wildman–Crippen MR) is 65.4 cm³/mol. The highest BCUT2D eigenvalue weighted by Gasteiger charge is 2.18. The lowest BCUT2D eigenvalue weighted by Gasteiger charge is -2.26. The topological polar surface area (TPSA) is 67.6 Å². The second kappa shape index (κ2) is 6.70. The van der Waals surface area contributed by atoms with Crippen LogP contribution in [0.15, 0.2) is 0 Å². The maximum absolute atomic E-state index is 11.4. The van der Waals surface area contributed by atoms with Crippen LogP contribution in [0.3, 0.4) is 0 Å². The van der Waals surface area contributed by atoms with Gasteiger partial charge in [0.25, 0.3) is 0 Å². The Balaban J connectivity index is 3.98. The van der Waals surface area contributed by atoms with Crippen molar-refractivity contribution < 1.29 is 9.53 Å². The van der Waals surface area contributed by atoms with Crippen LogP contribution < -0.4 is 11.1 Å². The number of likely N-dealkylation sites (N-methyl/N-ethyl adjacent to an activating group) is 1. The summed E-state index contributed by atoms with van der Waals surface area (Å²) in [7, 11) is 1.98. The van der Waals surface area contributed by atoms with Crippen LogP contribution in [0.2, 0.25) is 0 Å². The van der Waals surface area contributed by atoms with E-state index >= 15 is 0 Å². The molecule has 0 heterocycles. The Hall–Kier alpha value is -0.810. The number of nitrogens with two attached hydrogens (primary N) is 1. The van der Waals surface area contributed by atoms with Crippen LogP contribution >= 0.6 is 0 Å². The van der Waals surface area contributed by atoms with Gasteiger partial charge in [0.1, 0.15) is 5.60 Å². The molecule has 0 saturated heterocycles. The van der Waals surface area contributed by atoms with Gasteiger partial charge in [-0.3, -0.25) is 0 Å². The molecule has 96 valence electrons. The van der Waals surface area contributed by atoms with Gasteiger partial charge in [-0.25, -0.2) is 4.79 Å². The van der Waals surface area contributed by atoms with Crippen LogP contribution in [0.5, 0.6) is 0 Å². The number of nitrogens with zero attached hydrogens (tertiary/aromatic N) is 1. The SMILES string of the molecule is CCN(C)C(CN)CNC(=O)OC(C)(C)C. The van der Waals surface area contributed by atoms with Crippen molar-refractivity contribution in [1.82, 2.24) is 10.2 Å². The van der Waals surface area contributed by atoms with E-state index in [2.05, 4.69) is 17.1 Å². The molecule has 0 aliphatic rings. The Morgan fingerprint density at radius 1 is 1.50 bits per heavy atom. The standard InChI is InChI=1S/C11H25N3O2/c1-6-14(5)9(7-12)8-13-10(15)16-11(2,3)4/h9H,6-8,12H2,1-5H3,(H,13,15). The minimum absolute atomic E-state index is 0.150. The maximum Gasteiger partial charge on any atom is 0.407 e. The van der Waals surface area contributed by atoms with Crippen molar-refractivity contribution in [2.24, 2.45) is 5.73 Å². The fourth-order valence-electron chi connectivity index (χ4n) is 1.19. The van der Waals surface area contributed by atoms with Gasteiger partial charge >= 0.3 is 6.09 Å². The van der Waals surface area contributed by atoms with Gasteiger partial charge in [0.05, 0.1) is 0 Å². The van der Waals surface area contributed by atoms with Gasteiger partial charge in [-0.15, -0.1) is 0 Å². The molecule has 0 radical (unpaired) electrons. The summed E-state index contributed by atoms with van der Waals surface area (Å²) in [5, 5.41) is 2.72. The zero-order chi connectivity index (χ0) is 12.8. The fourth-order valence-corrected chi connectivity index (χ4v) is 1.19. The van der Waals surface area contributed by atoms with Crippen LogP contribution in [0.4, 0.5) is 4.79 Å². The van der Waals surface area contributed by atoms with E-state index in [4.69, 9.17) is 10.5 Å². The van der Waals surface area contributed by atoms with E-state index in [1.807, 2.05) is 27.8 Å². The lowest BCUT2D eigenvalue weighted by Crippen LogP contribution is -2.47. The van der Waals surface area contributed by atoms with Crippen molar-refractivity contribution >= 4 is 6.09 Å². The Kier molecular flexibility index (Phi) is 6.36. The van der Waals surface area contributed by atoms with Gasteiger partial charge in [-0.1, -0.05) is 6.92 Å². The van der Waals surface area contributed by atoms with Crippen molar-refractivity contribution in [2.45, 2.75) is 39.3 Å². The molecular formula is C11H25N3O2. The summed E-state index contributed by atoms with van der Waals surface area (Å²) in [5.41, 5.74) is 5.17. The lowest BCUT2D eigenvalue weighted by atomic mass is 10.2. The van der Waals surface area contributed by atoms with Crippen molar-refractivity contribution in [2.75, 3.05) is 26.7 Å². The smallest absolute Gasteiger partial charge is 0.407 e. The number of nitrogens with one attached hydrogen (secondary N) is 1. The third-order valence-corrected chi connectivity index (χ3v) is 2.28. The van der Waals surface area contributed by atoms with E-state index in [1.165, 1.54) is 0 Å². The van der Waals surface area contributed by atoms with Crippen LogP contribution in [0, 0.1) is 0 Å². The molecule has 1 amide bonds. The number of hydrogen-bond donors (Lipinski definition) is 2. The van der Waals surface area contributed by atoms with Crippen LogP contribution in [0.1, 0.15) is 27.7 Å². The molecule has 1 atom stereocenters. The minimum Gasteiger partial charge on any atom is -0.444 e. The number of rotatable bonds is 5. The van der Waals surface area contributed by atoms with Crippen LogP contribution in [0.25, 0.3) is 0 Å². The molecule has 0 fully saturated rings. The van der Waals surface area contributed by atoms with Crippen molar-refractivity contribution in [3.63, 3.8) is 0 Å². The van der Waals surface area contributed by atoms with E-state index < -0.39 is 11.7 Å². The van der Waals surface area contributed by atoms with Gasteiger partial charge in [0.15, 0.2) is 0 Å². The molecule has 0 aromatic heterocycles. The molecule has 1 unspecified atom stereocenters. The largest absolute Gasteiger partial charge is 0.444 e. The lowest BCUT2D eigenvalue weighted by molar-refractivity contribution is 0.0513. The van der Waals surface area contributed by atoms with Gasteiger partial charge in [0, 0.05) is 19.1 Å². The fraction of sp³-hybridized carbons (Fsp3) is 0.909. The summed E-state index contributed by atoms with van der Waals surface area (Å²) in [5.74, 6) is 0. The molecule has 5 nitrogen and oxygen atoms in total. The molecule has 0 spiro atoms. The summed E-state index contributed by atoms with van der Waals surface area (Å²) in [4.78, 5) is 13.5. The zero-order valence-corrected chi connectivity index (χ0v) is 11.0. The second-order valence-corrected chi connectivity index (χ2v) is 4.85. The van der Waals surface area contributed by atoms with Gasteiger partial charge in [-0.05, 0) is 34.4 Å². The molecular weight excluding hydrogens is 206 g/mol. The highest BCUT2D eigenvalue weighted by atomic mass is 16.6. The minimum atomic E-state index is -0.459. The third-order valence-electron chi connectivity index (χ3n) is 2.28. The Bertz CT molecular complexity index is 214. The first kappa shape index (κ1) is 15.2. The quantitative estimate of drug-likeness (QED) is 0.734. The van der Waals surface area contributed by atoms with Gasteiger partial charge < -0.3 is 20.7 Å². The highest BCUT2D eigenvalue weighted by molar-refractivity contribution is 5.67. The number of ether oxygens (including phenoxy) is 1. The van der Waals surface area contributed by atoms with Gasteiger partial charge in [0.2, 0.25) is 0 Å². The third kappa shape index (κ3) is 6.63. The summed E-state index contributed by atoms with van der Waals surface area (Å²) < 4.78 is 5.14. The molecule has 0 saturated carbocycles. The molecule has 0 aliphatic carbocycles. The summed E-state index contributed by atoms with van der Waals surface area (Å²) >= 11 is 0. The zero-order valence-electron chi connectivity index (χ0n) is 11.0. The van der Waals surface area contributed by atoms with E-state index in [1.54, 1.807) is 0 Å². The molecule has 3 N–H and O–H groups in total. The van der Waals surface area contributed by atoms with Crippen LogP contribution in [-0.2, 0) is 4.74 Å². The van der Waals surface area contributed by atoms with Gasteiger partial charge in [-0.2, -0.15) is 0 Å². The molecule has 5 heteroatoms. The first-order valence-corrected chi connectivity index (χ1v) is 5.67. The molecule has 16 heavy (non-hydrogen) atoms. The predicted octanol–water partition coefficient (Wildman–Crippen LogP) is 0.790. The molecule has 0 bridgehead atoms. The number of carbonyl (C=O) groups excluding carboxylic acids is 1. The molecule has 0 aromatic carbocycles. The van der Waals surface area contributed by atoms with E-state index in [0.717, 1.165) is 6.54 Å². The summed E-state index contributed by atoms with van der Waals surface area (Å²) in [6, 6.07) is 0.150. The molecule has 0 aromatic rings. The summed E-state index contributed by atoms with van der Waals surface area (Å²) in [6.07, 6.45) is -0.393. The van der Waals surface area contributed by atoms with Crippen molar-refractivity contribution in [1.29, 1.82) is 0 Å².